The molecule has 2 rings (SSSR count). The highest BCUT2D eigenvalue weighted by molar-refractivity contribution is 6.21. The lowest BCUT2D eigenvalue weighted by Crippen LogP contribution is -2.26. The molecule has 0 fully saturated rings. The standard InChI is InChI=1S/C16H21Si/c1-7-16(17)13(6)12(5)14-11(4)9(2)8-10(3)15(14)16/h8H,7H2,1-6H3. The molecule has 1 aliphatic carbocycles. The molecule has 3 radical (unpaired) electrons. The van der Waals surface area contributed by atoms with Gasteiger partial charge in [0.25, 0.3) is 0 Å². The Morgan fingerprint density at radius 3 is 2.18 bits per heavy atom. The van der Waals surface area contributed by atoms with E-state index < -0.39 is 0 Å². The SMILES string of the molecule is CCC1([Si])C(C)=C(C)c2c(C)c(C)cc(C)c21. The number of hydrogen-bond donors (Lipinski definition) is 0. The first-order valence-electron chi connectivity index (χ1n) is 6.39. The lowest BCUT2D eigenvalue weighted by atomic mass is 9.86. The Balaban J connectivity index is 2.89. The normalized spacial score (nSPS) is 23.2. The van der Waals surface area contributed by atoms with E-state index in [4.69, 9.17) is 0 Å². The average molecular weight is 241 g/mol. The molecule has 0 aliphatic heterocycles. The molecule has 0 N–H and O–H groups in total. The van der Waals surface area contributed by atoms with Gasteiger partial charge in [0.15, 0.2) is 0 Å². The summed E-state index contributed by atoms with van der Waals surface area (Å²) < 4.78 is 0. The third-order valence-corrected chi connectivity index (χ3v) is 5.56. The third-order valence-electron chi connectivity index (χ3n) is 4.58. The molecule has 1 atom stereocenters. The van der Waals surface area contributed by atoms with E-state index in [2.05, 4.69) is 57.9 Å². The van der Waals surface area contributed by atoms with Crippen molar-refractivity contribution >= 4 is 15.8 Å². The van der Waals surface area contributed by atoms with Crippen LogP contribution in [0, 0.1) is 20.8 Å². The van der Waals surface area contributed by atoms with Gasteiger partial charge < -0.3 is 0 Å². The maximum absolute atomic E-state index is 4.06. The van der Waals surface area contributed by atoms with Crippen LogP contribution in [0.4, 0.5) is 0 Å². The zero-order chi connectivity index (χ0) is 13.0. The molecule has 0 aromatic heterocycles. The fraction of sp³-hybridized carbons (Fsp3) is 0.500. The number of rotatable bonds is 1. The molecule has 1 aromatic rings. The van der Waals surface area contributed by atoms with Gasteiger partial charge in [-0.2, -0.15) is 0 Å². The molecule has 0 bridgehead atoms. The molecule has 89 valence electrons. The highest BCUT2D eigenvalue weighted by Gasteiger charge is 2.38. The van der Waals surface area contributed by atoms with Crippen LogP contribution in [-0.2, 0) is 5.04 Å². The molecule has 0 saturated heterocycles. The molecule has 0 amide bonds. The van der Waals surface area contributed by atoms with Gasteiger partial charge in [0.2, 0.25) is 0 Å². The molecule has 1 heteroatoms. The van der Waals surface area contributed by atoms with E-state index >= 15 is 0 Å². The van der Waals surface area contributed by atoms with Crippen LogP contribution >= 0.6 is 0 Å². The quantitative estimate of drug-likeness (QED) is 0.647. The van der Waals surface area contributed by atoms with Crippen LogP contribution in [0.25, 0.3) is 5.57 Å². The summed E-state index contributed by atoms with van der Waals surface area (Å²) in [5, 5.41) is 0.0575. The smallest absolute Gasteiger partial charge is 0.0439 e. The first-order valence-corrected chi connectivity index (χ1v) is 6.89. The Kier molecular flexibility index (Phi) is 2.85. The second-order valence-electron chi connectivity index (χ2n) is 5.39. The highest BCUT2D eigenvalue weighted by atomic mass is 28.1. The predicted molar refractivity (Wildman–Crippen MR) is 76.6 cm³/mol. The fourth-order valence-electron chi connectivity index (χ4n) is 3.24. The van der Waals surface area contributed by atoms with Crippen molar-refractivity contribution in [2.45, 2.75) is 53.0 Å². The van der Waals surface area contributed by atoms with Gasteiger partial charge in [-0.3, -0.25) is 0 Å². The Morgan fingerprint density at radius 2 is 1.65 bits per heavy atom. The molecule has 0 nitrogen and oxygen atoms in total. The second-order valence-corrected chi connectivity index (χ2v) is 6.25. The van der Waals surface area contributed by atoms with Gasteiger partial charge in [0, 0.05) is 15.3 Å². The van der Waals surface area contributed by atoms with Crippen LogP contribution in [0.2, 0.25) is 0 Å². The maximum atomic E-state index is 4.06. The van der Waals surface area contributed by atoms with Crippen molar-refractivity contribution in [3.05, 3.63) is 39.5 Å². The third kappa shape index (κ3) is 1.48. The van der Waals surface area contributed by atoms with E-state index in [9.17, 15) is 0 Å². The van der Waals surface area contributed by atoms with Crippen molar-refractivity contribution in [3.8, 4) is 0 Å². The predicted octanol–water partition coefficient (Wildman–Crippen LogP) is 4.19. The second kappa shape index (κ2) is 3.84. The van der Waals surface area contributed by atoms with Crippen molar-refractivity contribution in [1.29, 1.82) is 0 Å². The zero-order valence-electron chi connectivity index (χ0n) is 11.8. The Labute approximate surface area is 109 Å². The molecule has 1 unspecified atom stereocenters. The number of benzene rings is 1. The van der Waals surface area contributed by atoms with Crippen molar-refractivity contribution in [2.24, 2.45) is 0 Å². The summed E-state index contributed by atoms with van der Waals surface area (Å²) in [6, 6.07) is 2.32. The summed E-state index contributed by atoms with van der Waals surface area (Å²) in [5.41, 5.74) is 10.2. The van der Waals surface area contributed by atoms with Gasteiger partial charge in [-0.15, -0.1) is 0 Å². The molecule has 0 heterocycles. The lowest BCUT2D eigenvalue weighted by Gasteiger charge is -2.28. The largest absolute Gasteiger partial charge is 0.0645 e. The molecular weight excluding hydrogens is 220 g/mol. The molecular formula is C16H21Si. The first kappa shape index (κ1) is 12.6. The van der Waals surface area contributed by atoms with E-state index in [0.717, 1.165) is 6.42 Å². The lowest BCUT2D eigenvalue weighted by molar-refractivity contribution is 0.687. The number of hydrogen-bond acceptors (Lipinski definition) is 0. The summed E-state index contributed by atoms with van der Waals surface area (Å²) in [7, 11) is 4.06. The van der Waals surface area contributed by atoms with Crippen molar-refractivity contribution < 1.29 is 0 Å². The van der Waals surface area contributed by atoms with Crippen LogP contribution < -0.4 is 0 Å². The number of fused-ring (bicyclic) bond motifs is 1. The van der Waals surface area contributed by atoms with Gasteiger partial charge in [-0.1, -0.05) is 18.6 Å². The van der Waals surface area contributed by atoms with Gasteiger partial charge in [0.05, 0.1) is 0 Å². The Bertz CT molecular complexity index is 523. The molecule has 17 heavy (non-hydrogen) atoms. The number of allylic oxidation sites excluding steroid dienone is 2. The van der Waals surface area contributed by atoms with E-state index in [-0.39, 0.29) is 5.04 Å². The fourth-order valence-corrected chi connectivity index (χ4v) is 3.75. The van der Waals surface area contributed by atoms with E-state index in [1.54, 1.807) is 0 Å². The highest BCUT2D eigenvalue weighted by Crippen LogP contribution is 2.49. The summed E-state index contributed by atoms with van der Waals surface area (Å²) in [6.45, 7) is 13.5. The van der Waals surface area contributed by atoms with Crippen LogP contribution in [0.1, 0.15) is 55.0 Å². The van der Waals surface area contributed by atoms with E-state index in [0.29, 0.717) is 0 Å². The van der Waals surface area contributed by atoms with Gasteiger partial charge in [0.1, 0.15) is 0 Å². The average Bonchev–Trinajstić information content (AvgIpc) is 2.49. The van der Waals surface area contributed by atoms with Gasteiger partial charge in [-0.05, 0) is 74.4 Å². The van der Waals surface area contributed by atoms with Crippen LogP contribution in [0.15, 0.2) is 11.6 Å². The molecule has 0 saturated carbocycles. The molecule has 1 aromatic carbocycles. The Morgan fingerprint density at radius 1 is 1.06 bits per heavy atom. The Hall–Kier alpha value is -0.823. The minimum absolute atomic E-state index is 0.0575. The minimum Gasteiger partial charge on any atom is -0.0645 e. The maximum Gasteiger partial charge on any atom is 0.0439 e. The molecule has 1 aliphatic rings. The zero-order valence-corrected chi connectivity index (χ0v) is 12.8. The topological polar surface area (TPSA) is 0 Å². The van der Waals surface area contributed by atoms with E-state index in [1.165, 1.54) is 39.0 Å². The van der Waals surface area contributed by atoms with Crippen molar-refractivity contribution in [1.82, 2.24) is 0 Å². The number of aryl methyl sites for hydroxylation is 2. The van der Waals surface area contributed by atoms with Gasteiger partial charge >= 0.3 is 0 Å². The van der Waals surface area contributed by atoms with Crippen LogP contribution in [0.3, 0.4) is 0 Å². The van der Waals surface area contributed by atoms with Gasteiger partial charge in [-0.25, -0.2) is 0 Å². The molecule has 0 spiro atoms. The summed E-state index contributed by atoms with van der Waals surface area (Å²) in [4.78, 5) is 0. The monoisotopic (exact) mass is 241 g/mol. The summed E-state index contributed by atoms with van der Waals surface area (Å²) >= 11 is 0. The van der Waals surface area contributed by atoms with Crippen LogP contribution in [-0.4, -0.2) is 10.2 Å². The first-order chi connectivity index (χ1) is 7.84. The van der Waals surface area contributed by atoms with Crippen molar-refractivity contribution in [3.63, 3.8) is 0 Å². The van der Waals surface area contributed by atoms with E-state index in [1.807, 2.05) is 0 Å². The van der Waals surface area contributed by atoms with Crippen molar-refractivity contribution in [2.75, 3.05) is 0 Å². The minimum atomic E-state index is 0.0575. The summed E-state index contributed by atoms with van der Waals surface area (Å²) in [6.07, 6.45) is 1.10. The van der Waals surface area contributed by atoms with Crippen LogP contribution in [0.5, 0.6) is 0 Å². The summed E-state index contributed by atoms with van der Waals surface area (Å²) in [5.74, 6) is 0.